The zero-order valence-electron chi connectivity index (χ0n) is 25.3. The first kappa shape index (κ1) is 31.8. The Balaban J connectivity index is 0.00000226. The summed E-state index contributed by atoms with van der Waals surface area (Å²) in [5.41, 5.74) is 7.43. The monoisotopic (exact) mass is 568 g/mol. The molecule has 41 heavy (non-hydrogen) atoms. The Morgan fingerprint density at radius 2 is 1.15 bits per heavy atom. The number of thioether (sulfide) groups is 1. The normalized spacial score (nSPS) is 10.5. The molecule has 0 saturated carbocycles. The third-order valence-electron chi connectivity index (χ3n) is 6.77. The predicted octanol–water partition coefficient (Wildman–Crippen LogP) is 8.29. The van der Waals surface area contributed by atoms with Gasteiger partial charge in [0.25, 0.3) is 0 Å². The molecule has 4 rings (SSSR count). The van der Waals surface area contributed by atoms with Gasteiger partial charge in [0.1, 0.15) is 0 Å². The minimum absolute atomic E-state index is 0.148. The van der Waals surface area contributed by atoms with Gasteiger partial charge in [-0.15, -0.1) is 11.8 Å². The first-order valence-corrected chi connectivity index (χ1v) is 15.4. The summed E-state index contributed by atoms with van der Waals surface area (Å²) in [6.45, 7) is 4.44. The Bertz CT molecular complexity index is 1250. The van der Waals surface area contributed by atoms with Crippen molar-refractivity contribution in [3.8, 4) is 0 Å². The number of hydrogen-bond acceptors (Lipinski definition) is 5. The van der Waals surface area contributed by atoms with Crippen LogP contribution in [0, 0.1) is 0 Å². The highest BCUT2D eigenvalue weighted by Gasteiger charge is 2.17. The predicted molar refractivity (Wildman–Crippen MR) is 177 cm³/mol. The number of carbonyl (C=O) groups is 1. The van der Waals surface area contributed by atoms with Crippen molar-refractivity contribution in [3.63, 3.8) is 0 Å². The maximum absolute atomic E-state index is 12.1. The van der Waals surface area contributed by atoms with E-state index in [1.165, 1.54) is 45.4 Å². The van der Waals surface area contributed by atoms with E-state index in [4.69, 9.17) is 4.74 Å². The van der Waals surface area contributed by atoms with Gasteiger partial charge >= 0.3 is 5.97 Å². The molecule has 0 aliphatic rings. The lowest BCUT2D eigenvalue weighted by atomic mass is 9.84. The van der Waals surface area contributed by atoms with Gasteiger partial charge in [0, 0.05) is 50.4 Å². The van der Waals surface area contributed by atoms with Gasteiger partial charge < -0.3 is 14.5 Å². The van der Waals surface area contributed by atoms with Gasteiger partial charge in [-0.2, -0.15) is 0 Å². The molecule has 0 unspecified atom stereocenters. The van der Waals surface area contributed by atoms with Crippen LogP contribution in [0.3, 0.4) is 0 Å². The summed E-state index contributed by atoms with van der Waals surface area (Å²) in [6, 6.07) is 36.5. The quantitative estimate of drug-likeness (QED) is 0.0743. The molecule has 0 fully saturated rings. The zero-order chi connectivity index (χ0) is 29.6. The lowest BCUT2D eigenvalue weighted by Gasteiger charge is -2.22. The topological polar surface area (TPSA) is 32.8 Å². The van der Waals surface area contributed by atoms with Crippen molar-refractivity contribution in [1.82, 2.24) is 0 Å². The number of ether oxygens (including phenoxy) is 1. The number of anilines is 2. The summed E-state index contributed by atoms with van der Waals surface area (Å²) in [6.07, 6.45) is 1.68. The number of esters is 1. The van der Waals surface area contributed by atoms with Crippen molar-refractivity contribution in [2.24, 2.45) is 0 Å². The summed E-state index contributed by atoms with van der Waals surface area (Å²) < 4.78 is 5.45. The van der Waals surface area contributed by atoms with E-state index in [0.717, 1.165) is 17.7 Å². The van der Waals surface area contributed by atoms with Crippen LogP contribution in [-0.2, 0) is 16.0 Å². The van der Waals surface area contributed by atoms with Crippen LogP contribution in [0.15, 0.2) is 108 Å². The van der Waals surface area contributed by atoms with Gasteiger partial charge in [-0.25, -0.2) is 0 Å². The van der Waals surface area contributed by atoms with Crippen LogP contribution in [0.25, 0.3) is 0 Å². The molecule has 0 radical (unpaired) electrons. The summed E-state index contributed by atoms with van der Waals surface area (Å²) in [5, 5.41) is 0. The second-order valence-electron chi connectivity index (χ2n) is 10.1. The van der Waals surface area contributed by atoms with E-state index in [-0.39, 0.29) is 11.9 Å². The Kier molecular flexibility index (Phi) is 12.8. The zero-order valence-corrected chi connectivity index (χ0v) is 26.2. The van der Waals surface area contributed by atoms with Gasteiger partial charge in [0.15, 0.2) is 0 Å². The fourth-order valence-electron chi connectivity index (χ4n) is 4.55. The van der Waals surface area contributed by atoms with Gasteiger partial charge in [0.2, 0.25) is 0 Å². The molecule has 0 bridgehead atoms. The van der Waals surface area contributed by atoms with Crippen molar-refractivity contribution >= 4 is 29.1 Å². The molecule has 0 aliphatic heterocycles. The maximum atomic E-state index is 12.1. The van der Waals surface area contributed by atoms with E-state index in [1.807, 2.05) is 44.2 Å². The number of nitrogens with zero attached hydrogens (tertiary/aromatic N) is 2. The van der Waals surface area contributed by atoms with Crippen molar-refractivity contribution in [3.05, 3.63) is 125 Å². The maximum Gasteiger partial charge on any atom is 0.316 e. The number of carbonyl (C=O) groups excluding carboxylic acids is 1. The molecule has 0 N–H and O–H groups in total. The third kappa shape index (κ3) is 9.72. The molecule has 4 aromatic carbocycles. The van der Waals surface area contributed by atoms with Crippen molar-refractivity contribution in [1.29, 1.82) is 0 Å². The molecule has 0 saturated heterocycles. The van der Waals surface area contributed by atoms with Gasteiger partial charge in [-0.05, 0) is 71.5 Å². The van der Waals surface area contributed by atoms with E-state index < -0.39 is 0 Å². The highest BCUT2D eigenvalue weighted by atomic mass is 32.2. The molecule has 0 aromatic heterocycles. The highest BCUT2D eigenvalue weighted by molar-refractivity contribution is 8.00. The second kappa shape index (κ2) is 16.5. The molecule has 216 valence electrons. The van der Waals surface area contributed by atoms with Crippen molar-refractivity contribution < 1.29 is 9.53 Å². The molecule has 0 aliphatic carbocycles. The van der Waals surface area contributed by atoms with E-state index in [0.29, 0.717) is 12.4 Å². The molecular weight excluding hydrogens is 524 g/mol. The third-order valence-corrected chi connectivity index (χ3v) is 7.76. The van der Waals surface area contributed by atoms with E-state index >= 15 is 0 Å². The molecule has 4 nitrogen and oxygen atoms in total. The summed E-state index contributed by atoms with van der Waals surface area (Å²) >= 11 is 1.51. The average Bonchev–Trinajstić information content (AvgIpc) is 3.01. The van der Waals surface area contributed by atoms with Crippen molar-refractivity contribution in [2.45, 2.75) is 37.5 Å². The SMILES string of the molecule is CC.CN(C)c1ccc(C(c2ccc(CCCOC(=O)CSc3ccccc3)cc2)c2ccc(N(C)C)cc2)cc1. The molecule has 5 heteroatoms. The van der Waals surface area contributed by atoms with Crippen LogP contribution < -0.4 is 9.80 Å². The Hall–Kier alpha value is -3.70. The van der Waals surface area contributed by atoms with E-state index in [1.54, 1.807) is 0 Å². The van der Waals surface area contributed by atoms with Crippen LogP contribution >= 0.6 is 11.8 Å². The summed E-state index contributed by atoms with van der Waals surface area (Å²) in [4.78, 5) is 17.4. The van der Waals surface area contributed by atoms with E-state index in [9.17, 15) is 4.79 Å². The number of hydrogen-bond donors (Lipinski definition) is 0. The van der Waals surface area contributed by atoms with Crippen LogP contribution in [0.4, 0.5) is 11.4 Å². The average molecular weight is 569 g/mol. The molecular formula is C36H44N2O2S. The number of benzene rings is 4. The molecule has 0 heterocycles. The second-order valence-corrected chi connectivity index (χ2v) is 11.1. The Morgan fingerprint density at radius 3 is 1.61 bits per heavy atom. The van der Waals surface area contributed by atoms with Gasteiger partial charge in [-0.1, -0.05) is 80.6 Å². The minimum Gasteiger partial charge on any atom is -0.465 e. The first-order chi connectivity index (χ1) is 19.9. The Labute approximate surface area is 251 Å². The lowest BCUT2D eigenvalue weighted by Crippen LogP contribution is -2.10. The van der Waals surface area contributed by atoms with Gasteiger partial charge in [-0.3, -0.25) is 4.79 Å². The lowest BCUT2D eigenvalue weighted by molar-refractivity contribution is -0.140. The minimum atomic E-state index is -0.164. The molecule has 0 spiro atoms. The van der Waals surface area contributed by atoms with Crippen LogP contribution in [0.5, 0.6) is 0 Å². The van der Waals surface area contributed by atoms with E-state index in [2.05, 4.69) is 111 Å². The number of aryl methyl sites for hydroxylation is 1. The molecule has 4 aromatic rings. The smallest absolute Gasteiger partial charge is 0.316 e. The first-order valence-electron chi connectivity index (χ1n) is 14.4. The van der Waals surface area contributed by atoms with Crippen LogP contribution in [0.1, 0.15) is 48.4 Å². The van der Waals surface area contributed by atoms with Crippen LogP contribution in [0.2, 0.25) is 0 Å². The fraction of sp³-hybridized carbons (Fsp3) is 0.306. The standard InChI is InChI=1S/C34H38N2O2S.C2H6/c1-35(2)30-20-16-28(17-21-30)34(29-18-22-31(23-19-29)36(3)4)27-14-12-26(13-15-27)9-8-24-38-33(37)25-39-32-10-6-5-7-11-32;1-2/h5-7,10-23,34H,8-9,24-25H2,1-4H3;1-2H3. The summed E-state index contributed by atoms with van der Waals surface area (Å²) in [5.74, 6) is 0.322. The largest absolute Gasteiger partial charge is 0.465 e. The summed E-state index contributed by atoms with van der Waals surface area (Å²) in [7, 11) is 8.26. The molecule has 0 atom stereocenters. The highest BCUT2D eigenvalue weighted by Crippen LogP contribution is 2.34. The van der Waals surface area contributed by atoms with Crippen LogP contribution in [-0.4, -0.2) is 46.5 Å². The fourth-order valence-corrected chi connectivity index (χ4v) is 5.26. The van der Waals surface area contributed by atoms with Crippen molar-refractivity contribution in [2.75, 3.05) is 50.4 Å². The molecule has 0 amide bonds. The Morgan fingerprint density at radius 1 is 0.683 bits per heavy atom. The number of rotatable bonds is 12. The van der Waals surface area contributed by atoms with Gasteiger partial charge in [0.05, 0.1) is 12.4 Å².